The lowest BCUT2D eigenvalue weighted by atomic mass is 9.98. The molecule has 0 amide bonds. The topological polar surface area (TPSA) is 92.0 Å². The quantitative estimate of drug-likeness (QED) is 0.274. The molecule has 0 unspecified atom stereocenters. The van der Waals surface area contributed by atoms with Crippen LogP contribution in [0.1, 0.15) is 52.9 Å². The summed E-state index contributed by atoms with van der Waals surface area (Å²) >= 11 is 0. The van der Waals surface area contributed by atoms with E-state index < -0.39 is 5.97 Å². The van der Waals surface area contributed by atoms with Gasteiger partial charge in [-0.1, -0.05) is 18.2 Å². The molecule has 0 saturated carbocycles. The van der Waals surface area contributed by atoms with Crippen molar-refractivity contribution in [3.8, 4) is 17.1 Å². The summed E-state index contributed by atoms with van der Waals surface area (Å²) in [4.78, 5) is 27.6. The van der Waals surface area contributed by atoms with Gasteiger partial charge in [0.15, 0.2) is 5.43 Å². The second kappa shape index (κ2) is 10.9. The van der Waals surface area contributed by atoms with E-state index in [1.807, 2.05) is 50.2 Å². The molecule has 1 aliphatic heterocycles. The maximum atomic E-state index is 13.5. The summed E-state index contributed by atoms with van der Waals surface area (Å²) in [5.41, 5.74) is 4.12. The molecule has 2 atom stereocenters. The van der Waals surface area contributed by atoms with Gasteiger partial charge in [-0.05, 0) is 95.2 Å². The number of hydrogen-bond donors (Lipinski definition) is 2. The first-order valence-electron chi connectivity index (χ1n) is 13.3. The normalized spacial score (nSPS) is 16.4. The van der Waals surface area contributed by atoms with Crippen LogP contribution in [0.3, 0.4) is 0 Å². The van der Waals surface area contributed by atoms with E-state index >= 15 is 0 Å². The zero-order valence-electron chi connectivity index (χ0n) is 22.8. The molecule has 1 saturated heterocycles. The number of hydrogen-bond acceptors (Lipinski definition) is 6. The molecule has 1 aliphatic rings. The van der Waals surface area contributed by atoms with E-state index in [2.05, 4.69) is 17.3 Å². The van der Waals surface area contributed by atoms with Crippen LogP contribution in [-0.4, -0.2) is 42.2 Å². The van der Waals surface area contributed by atoms with E-state index in [1.165, 1.54) is 6.42 Å². The van der Waals surface area contributed by atoms with Crippen LogP contribution in [0.4, 0.5) is 5.69 Å². The van der Waals surface area contributed by atoms with Crippen molar-refractivity contribution in [2.24, 2.45) is 0 Å². The molecule has 0 spiro atoms. The van der Waals surface area contributed by atoms with Gasteiger partial charge in [-0.15, -0.1) is 0 Å². The van der Waals surface area contributed by atoms with Crippen LogP contribution in [-0.2, 0) is 0 Å². The molecule has 4 aromatic rings. The minimum Gasteiger partial charge on any atom is -0.492 e. The monoisotopic (exact) mass is 526 g/mol. The van der Waals surface area contributed by atoms with Crippen LogP contribution < -0.4 is 15.5 Å². The molecule has 1 aromatic heterocycles. The summed E-state index contributed by atoms with van der Waals surface area (Å²) in [6, 6.07) is 18.4. The summed E-state index contributed by atoms with van der Waals surface area (Å²) in [5, 5.41) is 13.4. The van der Waals surface area contributed by atoms with E-state index in [-0.39, 0.29) is 17.0 Å². The number of fused-ring (bicyclic) bond motifs is 1. The molecule has 2 N–H and O–H groups in total. The van der Waals surface area contributed by atoms with Gasteiger partial charge in [0, 0.05) is 28.4 Å². The van der Waals surface area contributed by atoms with E-state index in [1.54, 1.807) is 31.2 Å². The third-order valence-electron chi connectivity index (χ3n) is 7.62. The summed E-state index contributed by atoms with van der Waals surface area (Å²) in [5.74, 6) is 0.287. The second-order valence-corrected chi connectivity index (χ2v) is 10.4. The number of likely N-dealkylation sites (tertiary alicyclic amines) is 1. The number of carboxylic acid groups (broad SMARTS) is 1. The number of ether oxygens (including phenoxy) is 1. The number of carboxylic acids is 1. The first-order valence-corrected chi connectivity index (χ1v) is 13.3. The number of para-hydroxylation sites is 1. The smallest absolute Gasteiger partial charge is 0.337 e. The molecular weight excluding hydrogens is 492 g/mol. The van der Waals surface area contributed by atoms with Crippen LogP contribution in [0.2, 0.25) is 0 Å². The molecule has 39 heavy (non-hydrogen) atoms. The van der Waals surface area contributed by atoms with E-state index in [0.717, 1.165) is 35.4 Å². The van der Waals surface area contributed by atoms with Gasteiger partial charge in [0.05, 0.1) is 17.0 Å². The first kappa shape index (κ1) is 26.5. The third-order valence-corrected chi connectivity index (χ3v) is 7.62. The highest BCUT2D eigenvalue weighted by Crippen LogP contribution is 2.33. The molecule has 1 fully saturated rings. The zero-order valence-corrected chi connectivity index (χ0v) is 22.8. The van der Waals surface area contributed by atoms with Gasteiger partial charge in [0.1, 0.15) is 23.7 Å². The largest absolute Gasteiger partial charge is 0.492 e. The minimum absolute atomic E-state index is 0.0843. The number of benzene rings is 3. The van der Waals surface area contributed by atoms with Gasteiger partial charge in [0.2, 0.25) is 0 Å². The lowest BCUT2D eigenvalue weighted by Crippen LogP contribution is -2.30. The maximum Gasteiger partial charge on any atom is 0.337 e. The number of aromatic carboxylic acids is 1. The Hall–Kier alpha value is -4.10. The first-order chi connectivity index (χ1) is 18.7. The maximum absolute atomic E-state index is 13.5. The number of anilines is 1. The molecule has 202 valence electrons. The highest BCUT2D eigenvalue weighted by atomic mass is 16.5. The Morgan fingerprint density at radius 3 is 2.59 bits per heavy atom. The fourth-order valence-corrected chi connectivity index (χ4v) is 5.36. The SMILES string of the molecule is Cc1cc([C@@H](C)Nc2ccccc2C(=O)O)c2oc(-c3ccc(OC[C@@H]4CCCN4C)cc3)c(C)c(=O)c2c1. The van der Waals surface area contributed by atoms with Crippen LogP contribution in [0, 0.1) is 13.8 Å². The zero-order chi connectivity index (χ0) is 27.7. The molecule has 2 heterocycles. The standard InChI is InChI=1S/C32H34N2O5/c1-19-16-26(21(3)33-28-10-6-5-9-25(28)32(36)37)31-27(17-19)29(35)20(2)30(39-31)22-11-13-24(14-12-22)38-18-23-8-7-15-34(23)4/h5-6,9-14,16-17,21,23,33H,7-8,15,18H2,1-4H3,(H,36,37)/t21-,23+/m1/s1. The van der Waals surface area contributed by atoms with Gasteiger partial charge in [-0.3, -0.25) is 4.79 Å². The van der Waals surface area contributed by atoms with Crippen molar-refractivity contribution in [2.75, 3.05) is 25.5 Å². The molecule has 0 radical (unpaired) electrons. The number of aryl methyl sites for hydroxylation is 1. The minimum atomic E-state index is -1.01. The number of carbonyl (C=O) groups is 1. The predicted octanol–water partition coefficient (Wildman–Crippen LogP) is 6.42. The summed E-state index contributed by atoms with van der Waals surface area (Å²) in [7, 11) is 2.13. The molecule has 3 aromatic carbocycles. The van der Waals surface area contributed by atoms with E-state index in [9.17, 15) is 14.7 Å². The average molecular weight is 527 g/mol. The fraction of sp³-hybridized carbons (Fsp3) is 0.312. The van der Waals surface area contributed by atoms with Crippen molar-refractivity contribution < 1.29 is 19.1 Å². The van der Waals surface area contributed by atoms with Gasteiger partial charge < -0.3 is 24.5 Å². The van der Waals surface area contributed by atoms with Crippen molar-refractivity contribution in [2.45, 2.75) is 45.7 Å². The molecule has 0 aliphatic carbocycles. The predicted molar refractivity (Wildman–Crippen MR) is 154 cm³/mol. The van der Waals surface area contributed by atoms with E-state index in [4.69, 9.17) is 9.15 Å². The van der Waals surface area contributed by atoms with Crippen LogP contribution in [0.5, 0.6) is 5.75 Å². The summed E-state index contributed by atoms with van der Waals surface area (Å²) in [6.45, 7) is 7.41. The lowest BCUT2D eigenvalue weighted by molar-refractivity contribution is 0.0698. The lowest BCUT2D eigenvalue weighted by Gasteiger charge is -2.20. The summed E-state index contributed by atoms with van der Waals surface area (Å²) < 4.78 is 12.5. The summed E-state index contributed by atoms with van der Waals surface area (Å²) in [6.07, 6.45) is 2.35. The van der Waals surface area contributed by atoms with Crippen molar-refractivity contribution in [3.05, 3.63) is 93.1 Å². The Balaban J connectivity index is 1.49. The van der Waals surface area contributed by atoms with Gasteiger partial charge in [-0.2, -0.15) is 0 Å². The van der Waals surface area contributed by atoms with Crippen LogP contribution in [0.25, 0.3) is 22.3 Å². The highest BCUT2D eigenvalue weighted by Gasteiger charge is 2.22. The molecule has 5 rings (SSSR count). The van der Waals surface area contributed by atoms with Gasteiger partial charge >= 0.3 is 5.97 Å². The third kappa shape index (κ3) is 5.40. The Morgan fingerprint density at radius 2 is 1.90 bits per heavy atom. The molecule has 7 heteroatoms. The second-order valence-electron chi connectivity index (χ2n) is 10.4. The Bertz CT molecular complexity index is 1570. The van der Waals surface area contributed by atoms with Gasteiger partial charge in [-0.25, -0.2) is 4.79 Å². The van der Waals surface area contributed by atoms with Crippen LogP contribution >= 0.6 is 0 Å². The Labute approximate surface area is 228 Å². The van der Waals surface area contributed by atoms with Crippen molar-refractivity contribution in [1.82, 2.24) is 4.90 Å². The Kier molecular flexibility index (Phi) is 7.44. The number of nitrogens with zero attached hydrogens (tertiary/aromatic N) is 1. The molecule has 7 nitrogen and oxygen atoms in total. The molecule has 0 bridgehead atoms. The van der Waals surface area contributed by atoms with Crippen molar-refractivity contribution in [3.63, 3.8) is 0 Å². The van der Waals surface area contributed by atoms with E-state index in [0.29, 0.717) is 40.6 Å². The Morgan fingerprint density at radius 1 is 1.15 bits per heavy atom. The number of likely N-dealkylation sites (N-methyl/N-ethyl adjacent to an activating group) is 1. The average Bonchev–Trinajstić information content (AvgIpc) is 3.34. The number of rotatable bonds is 8. The highest BCUT2D eigenvalue weighted by molar-refractivity contribution is 5.94. The number of nitrogens with one attached hydrogen (secondary N) is 1. The fourth-order valence-electron chi connectivity index (χ4n) is 5.36. The van der Waals surface area contributed by atoms with Crippen molar-refractivity contribution in [1.29, 1.82) is 0 Å². The van der Waals surface area contributed by atoms with Gasteiger partial charge in [0.25, 0.3) is 0 Å². The molecular formula is C32H34N2O5. The van der Waals surface area contributed by atoms with Crippen LogP contribution in [0.15, 0.2) is 69.9 Å². The van der Waals surface area contributed by atoms with Crippen molar-refractivity contribution >= 4 is 22.6 Å².